The van der Waals surface area contributed by atoms with Gasteiger partial charge in [-0.1, -0.05) is 12.8 Å². The van der Waals surface area contributed by atoms with E-state index in [1.807, 2.05) is 13.1 Å². The monoisotopic (exact) mass is 231 g/mol. The van der Waals surface area contributed by atoms with Crippen LogP contribution >= 0.6 is 0 Å². The average molecular weight is 231 g/mol. The first-order chi connectivity index (χ1) is 8.22. The van der Waals surface area contributed by atoms with Crippen molar-refractivity contribution in [2.75, 3.05) is 24.5 Å². The summed E-state index contributed by atoms with van der Waals surface area (Å²) in [5.74, 6) is 2.71. The van der Waals surface area contributed by atoms with E-state index in [1.165, 1.54) is 11.3 Å². The average Bonchev–Trinajstić information content (AvgIpc) is 2.34. The predicted octanol–water partition coefficient (Wildman–Crippen LogP) is 1.96. The molecule has 92 valence electrons. The predicted molar refractivity (Wildman–Crippen MR) is 73.1 cm³/mol. The van der Waals surface area contributed by atoms with Gasteiger partial charge < -0.3 is 10.2 Å². The van der Waals surface area contributed by atoms with Crippen LogP contribution in [-0.2, 0) is 6.54 Å². The highest BCUT2D eigenvalue weighted by Crippen LogP contribution is 2.20. The van der Waals surface area contributed by atoms with E-state index >= 15 is 0 Å². The molecule has 17 heavy (non-hydrogen) atoms. The van der Waals surface area contributed by atoms with E-state index in [0.29, 0.717) is 6.54 Å². The van der Waals surface area contributed by atoms with Crippen molar-refractivity contribution in [3.63, 3.8) is 0 Å². The lowest BCUT2D eigenvalue weighted by Crippen LogP contribution is -2.25. The lowest BCUT2D eigenvalue weighted by molar-refractivity contribution is 0.719. The number of nitrogens with one attached hydrogen (secondary N) is 1. The van der Waals surface area contributed by atoms with Gasteiger partial charge >= 0.3 is 0 Å². The molecule has 3 nitrogen and oxygen atoms in total. The van der Waals surface area contributed by atoms with Gasteiger partial charge in [0.2, 0.25) is 0 Å². The van der Waals surface area contributed by atoms with Crippen molar-refractivity contribution in [2.24, 2.45) is 0 Å². The van der Waals surface area contributed by atoms with Gasteiger partial charge in [0.15, 0.2) is 0 Å². The number of terminal acetylenes is 1. The smallest absolute Gasteiger partial charge is 0.0791 e. The summed E-state index contributed by atoms with van der Waals surface area (Å²) < 4.78 is 0. The quantitative estimate of drug-likeness (QED) is 0.759. The molecule has 0 aliphatic carbocycles. The molecule has 3 heteroatoms. The second-order valence-corrected chi connectivity index (χ2v) is 3.95. The third-order valence-electron chi connectivity index (χ3n) is 2.67. The van der Waals surface area contributed by atoms with E-state index in [1.54, 1.807) is 0 Å². The van der Waals surface area contributed by atoms with Gasteiger partial charge in [0.25, 0.3) is 0 Å². The molecule has 0 aliphatic rings. The van der Waals surface area contributed by atoms with Crippen LogP contribution in [0.4, 0.5) is 5.69 Å². The van der Waals surface area contributed by atoms with Gasteiger partial charge in [-0.25, -0.2) is 0 Å². The van der Waals surface area contributed by atoms with E-state index in [0.717, 1.165) is 25.3 Å². The Morgan fingerprint density at radius 2 is 2.24 bits per heavy atom. The maximum atomic E-state index is 5.41. The third-order valence-corrected chi connectivity index (χ3v) is 2.67. The maximum Gasteiger partial charge on any atom is 0.0791 e. The molecule has 0 atom stereocenters. The van der Waals surface area contributed by atoms with Crippen LogP contribution in [0.1, 0.15) is 25.1 Å². The Morgan fingerprint density at radius 1 is 1.47 bits per heavy atom. The minimum absolute atomic E-state index is 0.638. The summed E-state index contributed by atoms with van der Waals surface area (Å²) in [5, 5.41) is 3.33. The molecule has 0 amide bonds. The zero-order valence-electron chi connectivity index (χ0n) is 11.0. The molecule has 0 bridgehead atoms. The van der Waals surface area contributed by atoms with Crippen LogP contribution in [0.2, 0.25) is 0 Å². The van der Waals surface area contributed by atoms with E-state index in [4.69, 9.17) is 6.42 Å². The van der Waals surface area contributed by atoms with Crippen LogP contribution in [0.15, 0.2) is 12.3 Å². The van der Waals surface area contributed by atoms with Crippen molar-refractivity contribution < 1.29 is 0 Å². The Morgan fingerprint density at radius 3 is 2.82 bits per heavy atom. The Kier molecular flexibility index (Phi) is 5.51. The van der Waals surface area contributed by atoms with Crippen molar-refractivity contribution in [3.05, 3.63) is 23.5 Å². The zero-order valence-corrected chi connectivity index (χ0v) is 11.0. The minimum atomic E-state index is 0.638. The molecule has 1 aromatic rings. The molecule has 0 saturated carbocycles. The number of aromatic nitrogens is 1. The Balaban J connectivity index is 3.00. The second-order valence-electron chi connectivity index (χ2n) is 3.95. The van der Waals surface area contributed by atoms with Gasteiger partial charge in [0.1, 0.15) is 0 Å². The number of anilines is 1. The van der Waals surface area contributed by atoms with Gasteiger partial charge in [0, 0.05) is 36.2 Å². The van der Waals surface area contributed by atoms with Crippen molar-refractivity contribution in [1.29, 1.82) is 0 Å². The van der Waals surface area contributed by atoms with Gasteiger partial charge in [0.05, 0.1) is 6.54 Å². The third kappa shape index (κ3) is 3.76. The van der Waals surface area contributed by atoms with Crippen molar-refractivity contribution in [3.8, 4) is 12.3 Å². The van der Waals surface area contributed by atoms with E-state index in [-0.39, 0.29) is 0 Å². The lowest BCUT2D eigenvalue weighted by atomic mass is 10.2. The molecule has 1 aromatic heterocycles. The zero-order chi connectivity index (χ0) is 12.7. The number of pyridine rings is 1. The number of hydrogen-bond donors (Lipinski definition) is 1. The fourth-order valence-corrected chi connectivity index (χ4v) is 1.74. The molecular formula is C14H21N3. The summed E-state index contributed by atoms with van der Waals surface area (Å²) in [7, 11) is 0. The Hall–Kier alpha value is -1.53. The van der Waals surface area contributed by atoms with Gasteiger partial charge in [-0.3, -0.25) is 4.98 Å². The summed E-state index contributed by atoms with van der Waals surface area (Å²) in [6.45, 7) is 9.55. The van der Waals surface area contributed by atoms with Gasteiger partial charge in [-0.2, -0.15) is 0 Å². The SMILES string of the molecule is C#CCN(CC)c1cc(C)ncc1CNCC. The first-order valence-corrected chi connectivity index (χ1v) is 6.07. The summed E-state index contributed by atoms with van der Waals surface area (Å²) in [6.07, 6.45) is 7.34. The molecule has 0 aliphatic heterocycles. The number of aryl methyl sites for hydroxylation is 1. The largest absolute Gasteiger partial charge is 0.360 e. The summed E-state index contributed by atoms with van der Waals surface area (Å²) in [4.78, 5) is 6.55. The van der Waals surface area contributed by atoms with Crippen molar-refractivity contribution >= 4 is 5.69 Å². The fraction of sp³-hybridized carbons (Fsp3) is 0.500. The van der Waals surface area contributed by atoms with Crippen LogP contribution < -0.4 is 10.2 Å². The lowest BCUT2D eigenvalue weighted by Gasteiger charge is -2.23. The number of hydrogen-bond acceptors (Lipinski definition) is 3. The maximum absolute atomic E-state index is 5.41. The summed E-state index contributed by atoms with van der Waals surface area (Å²) >= 11 is 0. The molecule has 1 N–H and O–H groups in total. The van der Waals surface area contributed by atoms with E-state index in [2.05, 4.69) is 41.0 Å². The summed E-state index contributed by atoms with van der Waals surface area (Å²) in [5.41, 5.74) is 3.42. The molecule has 0 unspecified atom stereocenters. The van der Waals surface area contributed by atoms with Crippen LogP contribution in [0.25, 0.3) is 0 Å². The molecule has 1 heterocycles. The van der Waals surface area contributed by atoms with Gasteiger partial charge in [-0.15, -0.1) is 6.42 Å². The first-order valence-electron chi connectivity index (χ1n) is 6.07. The Bertz CT molecular complexity index is 393. The van der Waals surface area contributed by atoms with E-state index < -0.39 is 0 Å². The molecule has 0 spiro atoms. The minimum Gasteiger partial charge on any atom is -0.360 e. The van der Waals surface area contributed by atoms with Crippen molar-refractivity contribution in [2.45, 2.75) is 27.3 Å². The number of nitrogens with zero attached hydrogens (tertiary/aromatic N) is 2. The standard InChI is InChI=1S/C14H21N3/c1-5-8-17(7-3)14-9-12(4)16-11-13(14)10-15-6-2/h1,9,11,15H,6-8,10H2,2-4H3. The Labute approximate surface area is 104 Å². The molecule has 0 radical (unpaired) electrons. The molecular weight excluding hydrogens is 210 g/mol. The molecule has 0 saturated heterocycles. The summed E-state index contributed by atoms with van der Waals surface area (Å²) in [6, 6.07) is 2.10. The first kappa shape index (κ1) is 13.5. The second kappa shape index (κ2) is 6.93. The van der Waals surface area contributed by atoms with Crippen LogP contribution in [0, 0.1) is 19.3 Å². The highest BCUT2D eigenvalue weighted by Gasteiger charge is 2.09. The molecule has 1 rings (SSSR count). The highest BCUT2D eigenvalue weighted by atomic mass is 15.1. The fourth-order valence-electron chi connectivity index (χ4n) is 1.74. The number of rotatable bonds is 6. The highest BCUT2D eigenvalue weighted by molar-refractivity contribution is 5.54. The van der Waals surface area contributed by atoms with E-state index in [9.17, 15) is 0 Å². The van der Waals surface area contributed by atoms with Crippen LogP contribution in [0.3, 0.4) is 0 Å². The normalized spacial score (nSPS) is 10.0. The molecule has 0 fully saturated rings. The molecule has 0 aromatic carbocycles. The van der Waals surface area contributed by atoms with Gasteiger partial charge in [-0.05, 0) is 26.5 Å². The topological polar surface area (TPSA) is 28.2 Å². The van der Waals surface area contributed by atoms with Crippen molar-refractivity contribution in [1.82, 2.24) is 10.3 Å². The van der Waals surface area contributed by atoms with Crippen LogP contribution in [0.5, 0.6) is 0 Å². The van der Waals surface area contributed by atoms with Crippen LogP contribution in [-0.4, -0.2) is 24.6 Å².